The van der Waals surface area contributed by atoms with E-state index in [2.05, 4.69) is 13.9 Å². The van der Waals surface area contributed by atoms with Crippen LogP contribution in [0.2, 0.25) is 0 Å². The SMILES string of the molecule is PN=PCl. The minimum absolute atomic E-state index is 0.559. The zero-order chi connectivity index (χ0) is 3.41. The third kappa shape index (κ3) is 2.82. The Balaban J connectivity index is 2.55. The summed E-state index contributed by atoms with van der Waals surface area (Å²) in [5, 5.41) is 0. The van der Waals surface area contributed by atoms with Gasteiger partial charge in [0.15, 0.2) is 0 Å². The normalized spacial score (nSPS) is 9.50. The van der Waals surface area contributed by atoms with Crippen molar-refractivity contribution in [2.45, 2.75) is 0 Å². The Morgan fingerprint density at radius 1 is 2.00 bits per heavy atom. The molecule has 0 aliphatic carbocycles. The molecule has 0 aromatic carbocycles. The van der Waals surface area contributed by atoms with Crippen LogP contribution in [0.5, 0.6) is 0 Å². The lowest BCUT2D eigenvalue weighted by Crippen LogP contribution is -0.861. The summed E-state index contributed by atoms with van der Waals surface area (Å²) in [6, 6.07) is 0. The van der Waals surface area contributed by atoms with Crippen LogP contribution in [0.3, 0.4) is 0 Å². The second kappa shape index (κ2) is 3.82. The first kappa shape index (κ1) is 4.82. The summed E-state index contributed by atoms with van der Waals surface area (Å²) in [6.07, 6.45) is 0. The first-order chi connectivity index (χ1) is 1.91. The van der Waals surface area contributed by atoms with E-state index < -0.39 is 0 Å². The molecule has 4 heavy (non-hydrogen) atoms. The zero-order valence-corrected chi connectivity index (χ0v) is 4.65. The second-order valence-electron chi connectivity index (χ2n) is 0.191. The highest BCUT2D eigenvalue weighted by molar-refractivity contribution is 7.62. The third-order valence-corrected chi connectivity index (χ3v) is 1.18. The Kier molecular flexibility index (Phi) is 4.60. The van der Waals surface area contributed by atoms with Gasteiger partial charge >= 0.3 is 0 Å². The molecule has 0 spiro atoms. The molecule has 0 aliphatic rings. The summed E-state index contributed by atoms with van der Waals surface area (Å²) < 4.78 is 3.39. The van der Waals surface area contributed by atoms with E-state index in [9.17, 15) is 0 Å². The molecule has 0 saturated heterocycles. The molecule has 1 atom stereocenters. The van der Waals surface area contributed by atoms with Crippen molar-refractivity contribution >= 4 is 28.4 Å². The maximum absolute atomic E-state index is 4.97. The Morgan fingerprint density at radius 3 is 2.25 bits per heavy atom. The molecule has 0 heterocycles. The van der Waals surface area contributed by atoms with E-state index in [0.717, 1.165) is 0 Å². The van der Waals surface area contributed by atoms with Gasteiger partial charge in [-0.1, -0.05) is 0 Å². The van der Waals surface area contributed by atoms with Gasteiger partial charge in [-0.25, -0.2) is 4.52 Å². The fraction of sp³-hybridized carbons (Fsp3) is 0. The molecular weight excluding hydrogens is 111 g/mol. The number of hydrogen-bond donors (Lipinski definition) is 0. The minimum atomic E-state index is 0.559. The van der Waals surface area contributed by atoms with Crippen LogP contribution in [0.4, 0.5) is 0 Å². The van der Waals surface area contributed by atoms with Crippen molar-refractivity contribution in [1.82, 2.24) is 0 Å². The van der Waals surface area contributed by atoms with Crippen molar-refractivity contribution in [3.05, 3.63) is 0 Å². The predicted molar refractivity (Wildman–Crippen MR) is 24.9 cm³/mol. The molecular formula is H2ClNP2. The summed E-state index contributed by atoms with van der Waals surface area (Å²) in [7, 11) is 2.69. The van der Waals surface area contributed by atoms with Crippen molar-refractivity contribution in [3.63, 3.8) is 0 Å². The minimum Gasteiger partial charge on any atom is -0.236 e. The van der Waals surface area contributed by atoms with Crippen molar-refractivity contribution in [1.29, 1.82) is 0 Å². The molecule has 0 aliphatic heterocycles. The van der Waals surface area contributed by atoms with Crippen LogP contribution in [0.15, 0.2) is 4.52 Å². The topological polar surface area (TPSA) is 12.4 Å². The highest BCUT2D eigenvalue weighted by Gasteiger charge is 1.38. The van der Waals surface area contributed by atoms with Gasteiger partial charge in [0, 0.05) is 0 Å². The van der Waals surface area contributed by atoms with E-state index in [1.54, 1.807) is 0 Å². The van der Waals surface area contributed by atoms with E-state index >= 15 is 0 Å². The van der Waals surface area contributed by atoms with E-state index in [4.69, 9.17) is 11.2 Å². The molecule has 1 nitrogen and oxygen atoms in total. The number of halogens is 1. The van der Waals surface area contributed by atoms with Crippen LogP contribution >= 0.6 is 28.4 Å². The molecule has 1 unspecified atom stereocenters. The fourth-order valence-corrected chi connectivity index (χ4v) is 0. The molecule has 0 rings (SSSR count). The maximum atomic E-state index is 4.97. The highest BCUT2D eigenvalue weighted by Crippen LogP contribution is 2.07. The van der Waals surface area contributed by atoms with Gasteiger partial charge in [-0.2, -0.15) is 0 Å². The molecule has 0 aromatic rings. The van der Waals surface area contributed by atoms with Gasteiger partial charge in [-0.3, -0.25) is 0 Å². The average molecular weight is 113 g/mol. The fourth-order valence-electron chi connectivity index (χ4n) is 0. The summed E-state index contributed by atoms with van der Waals surface area (Å²) >= 11 is 4.97. The Bertz CT molecular complexity index is 21.2. The third-order valence-electron chi connectivity index (χ3n) is 0.0436. The summed E-state index contributed by atoms with van der Waals surface area (Å²) in [5.41, 5.74) is 0. The van der Waals surface area contributed by atoms with Crippen LogP contribution in [0.25, 0.3) is 0 Å². The second-order valence-corrected chi connectivity index (χ2v) is 1.72. The number of nitrogens with zero attached hydrogens (tertiary/aromatic N) is 1. The van der Waals surface area contributed by atoms with Crippen molar-refractivity contribution in [2.24, 2.45) is 4.52 Å². The van der Waals surface area contributed by atoms with E-state index in [1.165, 1.54) is 0 Å². The molecule has 4 heteroatoms. The molecule has 0 bridgehead atoms. The predicted octanol–water partition coefficient (Wildman–Crippen LogP) is 2.06. The van der Waals surface area contributed by atoms with Crippen molar-refractivity contribution in [3.8, 4) is 0 Å². The molecule has 0 amide bonds. The molecule has 0 saturated carbocycles. The first-order valence-corrected chi connectivity index (χ1v) is 2.90. The van der Waals surface area contributed by atoms with Gasteiger partial charge in [0.2, 0.25) is 0 Å². The van der Waals surface area contributed by atoms with Gasteiger partial charge in [-0.05, 0) is 20.6 Å². The van der Waals surface area contributed by atoms with Crippen LogP contribution in [-0.2, 0) is 0 Å². The van der Waals surface area contributed by atoms with Crippen LogP contribution in [0, 0.1) is 0 Å². The molecule has 24 valence electrons. The van der Waals surface area contributed by atoms with Crippen molar-refractivity contribution < 1.29 is 0 Å². The number of rotatable bonds is 0. The quantitative estimate of drug-likeness (QED) is 0.427. The zero-order valence-electron chi connectivity index (χ0n) is 1.85. The lowest BCUT2D eigenvalue weighted by molar-refractivity contribution is 2.11. The van der Waals surface area contributed by atoms with Crippen LogP contribution in [-0.4, -0.2) is 0 Å². The maximum Gasteiger partial charge on any atom is 0.117 e. The standard InChI is InChI=1S/ClH2NP2/c1-4-2-3/h3H2. The van der Waals surface area contributed by atoms with Gasteiger partial charge in [-0.15, -0.1) is 0 Å². The number of hydrogen-bond acceptors (Lipinski definition) is 1. The summed E-state index contributed by atoms with van der Waals surface area (Å²) in [6.45, 7) is 0. The smallest absolute Gasteiger partial charge is 0.117 e. The lowest BCUT2D eigenvalue weighted by Gasteiger charge is -1.47. The Hall–Kier alpha value is 0.820. The summed E-state index contributed by atoms with van der Waals surface area (Å²) in [4.78, 5) is 0. The Morgan fingerprint density at radius 2 is 2.25 bits per heavy atom. The molecule has 0 fully saturated rings. The van der Waals surface area contributed by atoms with Gasteiger partial charge < -0.3 is 0 Å². The molecule has 0 aromatic heterocycles. The van der Waals surface area contributed by atoms with Gasteiger partial charge in [0.25, 0.3) is 0 Å². The van der Waals surface area contributed by atoms with Crippen LogP contribution < -0.4 is 0 Å². The van der Waals surface area contributed by atoms with Crippen LogP contribution in [0.1, 0.15) is 0 Å². The Labute approximate surface area is 33.7 Å². The molecule has 0 N–H and O–H groups in total. The van der Waals surface area contributed by atoms with Gasteiger partial charge in [0.05, 0.1) is 0 Å². The monoisotopic (exact) mass is 113 g/mol. The van der Waals surface area contributed by atoms with E-state index in [1.807, 2.05) is 0 Å². The first-order valence-electron chi connectivity index (χ1n) is 0.627. The summed E-state index contributed by atoms with van der Waals surface area (Å²) in [5.74, 6) is 0. The van der Waals surface area contributed by atoms with Crippen molar-refractivity contribution in [2.75, 3.05) is 0 Å². The average Bonchev–Trinajstić information content (AvgIpc) is 1.37. The van der Waals surface area contributed by atoms with Gasteiger partial charge in [0.1, 0.15) is 7.73 Å². The molecule has 0 radical (unpaired) electrons. The van der Waals surface area contributed by atoms with E-state index in [-0.39, 0.29) is 0 Å². The van der Waals surface area contributed by atoms with E-state index in [0.29, 0.717) is 7.73 Å². The lowest BCUT2D eigenvalue weighted by atomic mass is 13.9. The largest absolute Gasteiger partial charge is 0.236 e. The highest BCUT2D eigenvalue weighted by atomic mass is 35.7.